The molecule has 7 heteroatoms. The minimum absolute atomic E-state index is 0.0244. The van der Waals surface area contributed by atoms with E-state index in [1.807, 2.05) is 0 Å². The van der Waals surface area contributed by atoms with Crippen molar-refractivity contribution >= 4 is 17.7 Å². The highest BCUT2D eigenvalue weighted by atomic mass is 19.1. The third-order valence-corrected chi connectivity index (χ3v) is 2.41. The molecule has 0 radical (unpaired) electrons. The van der Waals surface area contributed by atoms with Crippen molar-refractivity contribution in [2.24, 2.45) is 0 Å². The topological polar surface area (TPSA) is 87.7 Å². The van der Waals surface area contributed by atoms with Gasteiger partial charge in [-0.05, 0) is 18.6 Å². The maximum Gasteiger partial charge on any atom is 0.326 e. The molecule has 0 aromatic heterocycles. The van der Waals surface area contributed by atoms with Crippen LogP contribution in [0.25, 0.3) is 0 Å². The minimum atomic E-state index is -1.17. The van der Waals surface area contributed by atoms with Crippen molar-refractivity contribution in [2.45, 2.75) is 12.5 Å². The Bertz CT molecular complexity index is 519. The van der Waals surface area contributed by atoms with Gasteiger partial charge in [-0.1, -0.05) is 6.08 Å². The molecule has 0 aliphatic carbocycles. The average molecular weight is 282 g/mol. The number of carbonyl (C=O) groups excluding carboxylic acids is 1. The summed E-state index contributed by atoms with van der Waals surface area (Å²) >= 11 is 0. The van der Waals surface area contributed by atoms with E-state index in [-0.39, 0.29) is 17.9 Å². The summed E-state index contributed by atoms with van der Waals surface area (Å²) in [4.78, 5) is 22.5. The van der Waals surface area contributed by atoms with Gasteiger partial charge >= 0.3 is 12.0 Å². The number of ether oxygens (including phenoxy) is 1. The van der Waals surface area contributed by atoms with E-state index in [4.69, 9.17) is 9.84 Å². The van der Waals surface area contributed by atoms with Gasteiger partial charge in [-0.3, -0.25) is 0 Å². The number of amides is 2. The van der Waals surface area contributed by atoms with Crippen molar-refractivity contribution < 1.29 is 23.8 Å². The molecule has 1 aromatic carbocycles. The molecule has 3 N–H and O–H groups in total. The molecule has 0 aliphatic heterocycles. The van der Waals surface area contributed by atoms with Crippen molar-refractivity contribution in [3.05, 3.63) is 36.7 Å². The number of nitrogens with one attached hydrogen (secondary N) is 2. The number of hydrogen-bond acceptors (Lipinski definition) is 3. The van der Waals surface area contributed by atoms with Crippen LogP contribution in [0.3, 0.4) is 0 Å². The Morgan fingerprint density at radius 1 is 1.55 bits per heavy atom. The van der Waals surface area contributed by atoms with Crippen LogP contribution >= 0.6 is 0 Å². The highest BCUT2D eigenvalue weighted by molar-refractivity contribution is 5.92. The quantitative estimate of drug-likeness (QED) is 0.696. The number of anilines is 1. The predicted molar refractivity (Wildman–Crippen MR) is 71.3 cm³/mol. The molecule has 0 spiro atoms. The number of benzene rings is 1. The van der Waals surface area contributed by atoms with Crippen molar-refractivity contribution in [3.63, 3.8) is 0 Å². The van der Waals surface area contributed by atoms with Gasteiger partial charge in [0.25, 0.3) is 0 Å². The molecular weight excluding hydrogens is 267 g/mol. The van der Waals surface area contributed by atoms with E-state index in [0.29, 0.717) is 0 Å². The first-order valence-electron chi connectivity index (χ1n) is 5.72. The zero-order valence-electron chi connectivity index (χ0n) is 10.9. The van der Waals surface area contributed by atoms with Gasteiger partial charge in [-0.25, -0.2) is 14.0 Å². The summed E-state index contributed by atoms with van der Waals surface area (Å²) in [6, 6.07) is 1.97. The fraction of sp³-hybridized carbons (Fsp3) is 0.231. The molecule has 20 heavy (non-hydrogen) atoms. The molecule has 0 saturated heterocycles. The number of methoxy groups -OCH3 is 1. The summed E-state index contributed by atoms with van der Waals surface area (Å²) in [6.07, 6.45) is 1.48. The smallest absolute Gasteiger partial charge is 0.326 e. The lowest BCUT2D eigenvalue weighted by molar-refractivity contribution is -0.139. The van der Waals surface area contributed by atoms with Crippen molar-refractivity contribution in [3.8, 4) is 5.75 Å². The summed E-state index contributed by atoms with van der Waals surface area (Å²) in [5.41, 5.74) is 0.281. The first kappa shape index (κ1) is 15.5. The average Bonchev–Trinajstić information content (AvgIpc) is 2.40. The Balaban J connectivity index is 2.70. The van der Waals surface area contributed by atoms with E-state index in [1.165, 1.54) is 25.3 Å². The van der Waals surface area contributed by atoms with Crippen LogP contribution in [0.2, 0.25) is 0 Å². The molecule has 6 nitrogen and oxygen atoms in total. The van der Waals surface area contributed by atoms with Crippen LogP contribution in [-0.2, 0) is 4.79 Å². The monoisotopic (exact) mass is 282 g/mol. The Kier molecular flexibility index (Phi) is 5.52. The minimum Gasteiger partial charge on any atom is -0.494 e. The van der Waals surface area contributed by atoms with E-state index in [9.17, 15) is 14.0 Å². The maximum absolute atomic E-state index is 13.2. The van der Waals surface area contributed by atoms with Crippen LogP contribution < -0.4 is 15.4 Å². The summed E-state index contributed by atoms with van der Waals surface area (Å²) in [5, 5.41) is 13.5. The zero-order chi connectivity index (χ0) is 15.1. The van der Waals surface area contributed by atoms with Crippen LogP contribution in [0.5, 0.6) is 5.75 Å². The molecule has 1 unspecified atom stereocenters. The highest BCUT2D eigenvalue weighted by Gasteiger charge is 2.18. The summed E-state index contributed by atoms with van der Waals surface area (Å²) in [7, 11) is 1.30. The number of urea groups is 1. The van der Waals surface area contributed by atoms with Gasteiger partial charge in [0, 0.05) is 11.8 Å². The van der Waals surface area contributed by atoms with Gasteiger partial charge in [-0.2, -0.15) is 0 Å². The molecule has 0 fully saturated rings. The van der Waals surface area contributed by atoms with E-state index in [1.54, 1.807) is 0 Å². The SMILES string of the molecule is C=CCC(NC(=O)Nc1ccc(F)c(OC)c1)C(=O)O. The van der Waals surface area contributed by atoms with E-state index in [0.717, 1.165) is 6.07 Å². The number of halogens is 1. The lowest BCUT2D eigenvalue weighted by atomic mass is 10.2. The van der Waals surface area contributed by atoms with Crippen LogP contribution in [0.1, 0.15) is 6.42 Å². The van der Waals surface area contributed by atoms with E-state index in [2.05, 4.69) is 17.2 Å². The van der Waals surface area contributed by atoms with Gasteiger partial charge in [0.05, 0.1) is 7.11 Å². The van der Waals surface area contributed by atoms with Crippen molar-refractivity contribution in [1.29, 1.82) is 0 Å². The highest BCUT2D eigenvalue weighted by Crippen LogP contribution is 2.21. The van der Waals surface area contributed by atoms with Crippen molar-refractivity contribution in [1.82, 2.24) is 5.32 Å². The first-order valence-corrected chi connectivity index (χ1v) is 5.72. The summed E-state index contributed by atoms with van der Waals surface area (Å²) < 4.78 is 18.0. The van der Waals surface area contributed by atoms with Gasteiger partial charge in [0.15, 0.2) is 11.6 Å². The normalized spacial score (nSPS) is 11.3. The van der Waals surface area contributed by atoms with Gasteiger partial charge in [-0.15, -0.1) is 6.58 Å². The number of rotatable bonds is 6. The summed E-state index contributed by atoms with van der Waals surface area (Å²) in [5.74, 6) is -1.76. The number of hydrogen-bond donors (Lipinski definition) is 3. The maximum atomic E-state index is 13.2. The van der Waals surface area contributed by atoms with Crippen LogP contribution in [0.15, 0.2) is 30.9 Å². The third kappa shape index (κ3) is 4.27. The number of carboxylic acids is 1. The standard InChI is InChI=1S/C13H15FN2O4/c1-3-4-10(12(17)18)16-13(19)15-8-5-6-9(14)11(7-8)20-2/h3,5-7,10H,1,4H2,2H3,(H,17,18)(H2,15,16,19). The molecule has 1 aromatic rings. The third-order valence-electron chi connectivity index (χ3n) is 2.41. The van der Waals surface area contributed by atoms with Gasteiger partial charge in [0.1, 0.15) is 6.04 Å². The number of aliphatic carboxylic acids is 1. The number of carbonyl (C=O) groups is 2. The van der Waals surface area contributed by atoms with Gasteiger partial charge in [0.2, 0.25) is 0 Å². The second-order valence-electron chi connectivity index (χ2n) is 3.86. The lowest BCUT2D eigenvalue weighted by Gasteiger charge is -2.14. The fourth-order valence-electron chi connectivity index (χ4n) is 1.45. The van der Waals surface area contributed by atoms with Crippen LogP contribution in [-0.4, -0.2) is 30.3 Å². The Morgan fingerprint density at radius 3 is 2.80 bits per heavy atom. The first-order chi connectivity index (χ1) is 9.47. The largest absolute Gasteiger partial charge is 0.494 e. The predicted octanol–water partition coefficient (Wildman–Crippen LogP) is 1.99. The molecule has 0 aliphatic rings. The molecule has 1 atom stereocenters. The van der Waals surface area contributed by atoms with Crippen molar-refractivity contribution in [2.75, 3.05) is 12.4 Å². The van der Waals surface area contributed by atoms with Crippen LogP contribution in [0.4, 0.5) is 14.9 Å². The Morgan fingerprint density at radius 2 is 2.25 bits per heavy atom. The van der Waals surface area contributed by atoms with E-state index >= 15 is 0 Å². The molecular formula is C13H15FN2O4. The zero-order valence-corrected chi connectivity index (χ0v) is 10.9. The Labute approximate surface area is 115 Å². The van der Waals surface area contributed by atoms with Gasteiger partial charge < -0.3 is 20.5 Å². The van der Waals surface area contributed by atoms with Crippen LogP contribution in [0, 0.1) is 5.82 Å². The molecule has 0 heterocycles. The fourth-order valence-corrected chi connectivity index (χ4v) is 1.45. The Hall–Kier alpha value is -2.57. The summed E-state index contributed by atoms with van der Waals surface area (Å²) in [6.45, 7) is 3.41. The lowest BCUT2D eigenvalue weighted by Crippen LogP contribution is -2.42. The molecule has 0 bridgehead atoms. The molecule has 0 saturated carbocycles. The molecule has 2 amide bonds. The van der Waals surface area contributed by atoms with E-state index < -0.39 is 23.9 Å². The second-order valence-corrected chi connectivity index (χ2v) is 3.86. The number of carboxylic acid groups (broad SMARTS) is 1. The molecule has 1 rings (SSSR count). The second kappa shape index (κ2) is 7.13. The molecule has 108 valence electrons.